The smallest absolute Gasteiger partial charge is 0.353 e. The van der Waals surface area contributed by atoms with Crippen LogP contribution in [0.5, 0.6) is 0 Å². The number of hydrogen-bond donors (Lipinski definition) is 1. The lowest BCUT2D eigenvalue weighted by Crippen LogP contribution is -2.33. The van der Waals surface area contributed by atoms with Crippen LogP contribution in [0.2, 0.25) is 0 Å². The van der Waals surface area contributed by atoms with Crippen molar-refractivity contribution in [2.24, 2.45) is 5.73 Å². The van der Waals surface area contributed by atoms with Crippen molar-refractivity contribution in [2.75, 3.05) is 13.2 Å². The average molecular weight is 193 g/mol. The van der Waals surface area contributed by atoms with Gasteiger partial charge in [-0.1, -0.05) is 18.1 Å². The van der Waals surface area contributed by atoms with Crippen LogP contribution in [-0.2, 0) is 4.65 Å². The standard InChI is InChI=1S/C10H13BFNO/c1-2-11(14-8-7-13)9-3-5-10(12)6-4-9/h2-6H,1,7-8,13H2. The van der Waals surface area contributed by atoms with Gasteiger partial charge in [-0.2, -0.15) is 0 Å². The van der Waals surface area contributed by atoms with Crippen LogP contribution in [0.4, 0.5) is 4.39 Å². The second kappa shape index (κ2) is 5.57. The maximum Gasteiger partial charge on any atom is 0.353 e. The van der Waals surface area contributed by atoms with Gasteiger partial charge in [0.1, 0.15) is 5.82 Å². The highest BCUT2D eigenvalue weighted by Gasteiger charge is 2.13. The zero-order valence-corrected chi connectivity index (χ0v) is 7.95. The molecule has 1 aromatic carbocycles. The lowest BCUT2D eigenvalue weighted by molar-refractivity contribution is 0.344. The van der Waals surface area contributed by atoms with Crippen molar-refractivity contribution < 1.29 is 9.04 Å². The van der Waals surface area contributed by atoms with Crippen LogP contribution < -0.4 is 11.2 Å². The fraction of sp³-hybridized carbons (Fsp3) is 0.200. The summed E-state index contributed by atoms with van der Waals surface area (Å²) in [4.78, 5) is 0. The van der Waals surface area contributed by atoms with Crippen LogP contribution in [0.3, 0.4) is 0 Å². The van der Waals surface area contributed by atoms with Crippen LogP contribution in [-0.4, -0.2) is 20.1 Å². The van der Waals surface area contributed by atoms with Gasteiger partial charge < -0.3 is 10.4 Å². The maximum absolute atomic E-state index is 12.6. The molecule has 0 aliphatic carbocycles. The summed E-state index contributed by atoms with van der Waals surface area (Å²) in [6.45, 7) is 4.37. The van der Waals surface area contributed by atoms with Crippen molar-refractivity contribution in [3.63, 3.8) is 0 Å². The molecule has 0 bridgehead atoms. The molecular weight excluding hydrogens is 180 g/mol. The van der Waals surface area contributed by atoms with E-state index in [0.29, 0.717) is 13.2 Å². The molecule has 0 saturated heterocycles. The van der Waals surface area contributed by atoms with Gasteiger partial charge in [-0.25, -0.2) is 4.39 Å². The molecule has 0 fully saturated rings. The molecule has 0 unspecified atom stereocenters. The van der Waals surface area contributed by atoms with E-state index in [2.05, 4.69) is 6.58 Å². The van der Waals surface area contributed by atoms with Gasteiger partial charge in [0.15, 0.2) is 0 Å². The molecule has 2 nitrogen and oxygen atoms in total. The topological polar surface area (TPSA) is 35.2 Å². The molecule has 0 heterocycles. The quantitative estimate of drug-likeness (QED) is 0.699. The highest BCUT2D eigenvalue weighted by atomic mass is 19.1. The third kappa shape index (κ3) is 2.98. The van der Waals surface area contributed by atoms with E-state index in [1.807, 2.05) is 0 Å². The zero-order chi connectivity index (χ0) is 10.4. The summed E-state index contributed by atoms with van der Waals surface area (Å²) in [5.74, 6) is 1.42. The van der Waals surface area contributed by atoms with Crippen molar-refractivity contribution in [1.29, 1.82) is 0 Å². The Bertz CT molecular complexity index is 289. The van der Waals surface area contributed by atoms with Crippen LogP contribution in [0, 0.1) is 5.82 Å². The molecule has 0 radical (unpaired) electrons. The lowest BCUT2D eigenvalue weighted by Gasteiger charge is -2.09. The molecule has 0 spiro atoms. The minimum Gasteiger partial charge on any atom is -0.426 e. The molecule has 0 aliphatic heterocycles. The Morgan fingerprint density at radius 1 is 1.43 bits per heavy atom. The summed E-state index contributed by atoms with van der Waals surface area (Å²) < 4.78 is 18.0. The number of halogens is 1. The van der Waals surface area contributed by atoms with Crippen molar-refractivity contribution in [3.05, 3.63) is 42.6 Å². The van der Waals surface area contributed by atoms with Gasteiger partial charge in [-0.05, 0) is 17.6 Å². The first kappa shape index (κ1) is 11.0. The van der Waals surface area contributed by atoms with Crippen molar-refractivity contribution >= 4 is 12.4 Å². The van der Waals surface area contributed by atoms with E-state index < -0.39 is 0 Å². The Morgan fingerprint density at radius 2 is 2.07 bits per heavy atom. The first-order valence-corrected chi connectivity index (χ1v) is 4.47. The van der Waals surface area contributed by atoms with Crippen molar-refractivity contribution in [3.8, 4) is 0 Å². The van der Waals surface area contributed by atoms with Crippen molar-refractivity contribution in [1.82, 2.24) is 0 Å². The SMILES string of the molecule is C=CB(OCCN)c1ccc(F)cc1. The molecule has 0 aliphatic rings. The van der Waals surface area contributed by atoms with Gasteiger partial charge in [0.2, 0.25) is 0 Å². The predicted molar refractivity (Wildman–Crippen MR) is 57.0 cm³/mol. The van der Waals surface area contributed by atoms with Crippen LogP contribution in [0.25, 0.3) is 0 Å². The number of hydrogen-bond acceptors (Lipinski definition) is 2. The van der Waals surface area contributed by atoms with E-state index in [1.54, 1.807) is 18.1 Å². The van der Waals surface area contributed by atoms with Gasteiger partial charge in [-0.3, -0.25) is 0 Å². The summed E-state index contributed by atoms with van der Waals surface area (Å²) in [5, 5.41) is 0. The fourth-order valence-corrected chi connectivity index (χ4v) is 1.15. The molecule has 0 aromatic heterocycles. The molecule has 0 amide bonds. The van der Waals surface area contributed by atoms with E-state index in [0.717, 1.165) is 5.46 Å². The normalized spacial score (nSPS) is 9.86. The van der Waals surface area contributed by atoms with Gasteiger partial charge in [0, 0.05) is 13.2 Å². The van der Waals surface area contributed by atoms with E-state index in [-0.39, 0.29) is 12.7 Å². The molecular formula is C10H13BFNO. The van der Waals surface area contributed by atoms with E-state index >= 15 is 0 Å². The molecule has 0 atom stereocenters. The molecule has 2 N–H and O–H groups in total. The van der Waals surface area contributed by atoms with Crippen molar-refractivity contribution in [2.45, 2.75) is 0 Å². The first-order valence-electron chi connectivity index (χ1n) is 4.47. The van der Waals surface area contributed by atoms with Gasteiger partial charge in [-0.15, -0.1) is 6.58 Å². The summed E-state index contributed by atoms with van der Waals surface area (Å²) in [6.07, 6.45) is 0. The molecule has 0 saturated carbocycles. The molecule has 1 aromatic rings. The Balaban J connectivity index is 2.68. The Labute approximate surface area is 83.7 Å². The third-order valence-corrected chi connectivity index (χ3v) is 1.83. The van der Waals surface area contributed by atoms with Gasteiger partial charge in [0.05, 0.1) is 0 Å². The first-order chi connectivity index (χ1) is 6.77. The van der Waals surface area contributed by atoms with E-state index in [9.17, 15) is 4.39 Å². The van der Waals surface area contributed by atoms with Crippen LogP contribution in [0.15, 0.2) is 36.8 Å². The zero-order valence-electron chi connectivity index (χ0n) is 7.95. The van der Waals surface area contributed by atoms with Crippen LogP contribution in [0.1, 0.15) is 0 Å². The highest BCUT2D eigenvalue weighted by Crippen LogP contribution is 1.96. The Kier molecular flexibility index (Phi) is 4.36. The highest BCUT2D eigenvalue weighted by molar-refractivity contribution is 6.72. The second-order valence-corrected chi connectivity index (χ2v) is 2.87. The lowest BCUT2D eigenvalue weighted by atomic mass is 9.61. The maximum atomic E-state index is 12.6. The monoisotopic (exact) mass is 193 g/mol. The summed E-state index contributed by atoms with van der Waals surface area (Å²) in [7, 11) is 0. The summed E-state index contributed by atoms with van der Waals surface area (Å²) in [6, 6.07) is 6.16. The third-order valence-electron chi connectivity index (χ3n) is 1.83. The minimum absolute atomic E-state index is 0.209. The molecule has 74 valence electrons. The summed E-state index contributed by atoms with van der Waals surface area (Å²) >= 11 is 0. The number of benzene rings is 1. The van der Waals surface area contributed by atoms with Gasteiger partial charge in [0.25, 0.3) is 0 Å². The average Bonchev–Trinajstić information content (AvgIpc) is 2.21. The molecule has 14 heavy (non-hydrogen) atoms. The Morgan fingerprint density at radius 3 is 2.57 bits per heavy atom. The van der Waals surface area contributed by atoms with E-state index in [4.69, 9.17) is 10.4 Å². The fourth-order valence-electron chi connectivity index (χ4n) is 1.15. The number of rotatable bonds is 5. The minimum atomic E-state index is -0.254. The predicted octanol–water partition coefficient (Wildman–Crippen LogP) is 0.725. The molecule has 4 heteroatoms. The van der Waals surface area contributed by atoms with Gasteiger partial charge >= 0.3 is 6.92 Å². The largest absolute Gasteiger partial charge is 0.426 e. The van der Waals surface area contributed by atoms with Crippen LogP contribution >= 0.6 is 0 Å². The van der Waals surface area contributed by atoms with E-state index in [1.165, 1.54) is 12.1 Å². The number of nitrogens with two attached hydrogens (primary N) is 1. The Hall–Kier alpha value is -1.13. The molecule has 1 rings (SSSR count). The second-order valence-electron chi connectivity index (χ2n) is 2.87. The summed E-state index contributed by atoms with van der Waals surface area (Å²) in [5.41, 5.74) is 6.20.